The van der Waals surface area contributed by atoms with Gasteiger partial charge in [0.25, 0.3) is 0 Å². The van der Waals surface area contributed by atoms with Crippen LogP contribution in [0.4, 0.5) is 8.78 Å². The molecule has 0 radical (unpaired) electrons. The molecule has 0 amide bonds. The fourth-order valence-electron chi connectivity index (χ4n) is 4.58. The average Bonchev–Trinajstić information content (AvgIpc) is 3.13. The minimum atomic E-state index is -1.33. The lowest BCUT2D eigenvalue weighted by atomic mass is 9.92. The molecule has 1 aliphatic rings. The first-order valence-corrected chi connectivity index (χ1v) is 12.7. The number of unbranched alkanes of at least 4 members (excludes halogenated alkanes) is 4. The second-order valence-electron chi connectivity index (χ2n) is 9.78. The van der Waals surface area contributed by atoms with Gasteiger partial charge in [-0.25, -0.2) is 13.6 Å². The van der Waals surface area contributed by atoms with Gasteiger partial charge in [-0.1, -0.05) is 64.2 Å². The Hall–Kier alpha value is -2.76. The number of ether oxygens (including phenoxy) is 2. The van der Waals surface area contributed by atoms with Gasteiger partial charge in [0.1, 0.15) is 5.75 Å². The summed E-state index contributed by atoms with van der Waals surface area (Å²) in [6.45, 7) is 7.46. The minimum absolute atomic E-state index is 0.163. The van der Waals surface area contributed by atoms with Crippen LogP contribution in [0.2, 0.25) is 0 Å². The van der Waals surface area contributed by atoms with Crippen LogP contribution in [0.1, 0.15) is 83.3 Å². The van der Waals surface area contributed by atoms with Crippen LogP contribution in [0.15, 0.2) is 30.3 Å². The Kier molecular flexibility index (Phi) is 9.03. The molecule has 2 aromatic carbocycles. The summed E-state index contributed by atoms with van der Waals surface area (Å²) in [7, 11) is 0. The molecule has 0 aliphatic carbocycles. The number of carbonyl (C=O) groups excluding carboxylic acids is 2. The maximum atomic E-state index is 14.9. The molecule has 2 atom stereocenters. The minimum Gasteiger partial charge on any atom is -0.447 e. The van der Waals surface area contributed by atoms with Crippen LogP contribution in [-0.2, 0) is 20.7 Å². The van der Waals surface area contributed by atoms with E-state index < -0.39 is 23.2 Å². The monoisotopic (exact) mass is 486 g/mol. The SMILES string of the molecule is CCCCCCc1ccc(-c2ccc(OC(=O)[C@]3(C)C[C@H](CCCC)C(=O)O3)c(C)c2)c(F)c1F. The van der Waals surface area contributed by atoms with Crippen LogP contribution < -0.4 is 4.74 Å². The number of aryl methyl sites for hydroxylation is 2. The second-order valence-corrected chi connectivity index (χ2v) is 9.78. The zero-order chi connectivity index (χ0) is 25.6. The van der Waals surface area contributed by atoms with Gasteiger partial charge in [-0.15, -0.1) is 0 Å². The van der Waals surface area contributed by atoms with Crippen LogP contribution >= 0.6 is 0 Å². The average molecular weight is 487 g/mol. The van der Waals surface area contributed by atoms with Gasteiger partial charge in [-0.2, -0.15) is 0 Å². The normalized spacial score (nSPS) is 19.6. The highest BCUT2D eigenvalue weighted by molar-refractivity contribution is 5.89. The summed E-state index contributed by atoms with van der Waals surface area (Å²) in [6.07, 6.45) is 7.34. The maximum Gasteiger partial charge on any atom is 0.355 e. The van der Waals surface area contributed by atoms with Gasteiger partial charge in [0.15, 0.2) is 11.6 Å². The van der Waals surface area contributed by atoms with E-state index in [0.717, 1.165) is 38.5 Å². The summed E-state index contributed by atoms with van der Waals surface area (Å²) in [5.74, 6) is -2.68. The quantitative estimate of drug-likeness (QED) is 0.188. The molecule has 1 aliphatic heterocycles. The van der Waals surface area contributed by atoms with Gasteiger partial charge >= 0.3 is 11.9 Å². The van der Waals surface area contributed by atoms with Crippen molar-refractivity contribution in [3.63, 3.8) is 0 Å². The topological polar surface area (TPSA) is 52.6 Å². The number of cyclic esters (lactones) is 1. The Bertz CT molecular complexity index is 1060. The Balaban J connectivity index is 1.72. The van der Waals surface area contributed by atoms with Crippen molar-refractivity contribution in [1.29, 1.82) is 0 Å². The van der Waals surface area contributed by atoms with Gasteiger partial charge in [0, 0.05) is 12.0 Å². The van der Waals surface area contributed by atoms with E-state index in [4.69, 9.17) is 9.47 Å². The fraction of sp³-hybridized carbons (Fsp3) is 0.517. The Morgan fingerprint density at radius 1 is 1.06 bits per heavy atom. The number of carbonyl (C=O) groups is 2. The molecular weight excluding hydrogens is 450 g/mol. The molecular formula is C29H36F2O4. The molecule has 0 bridgehead atoms. The lowest BCUT2D eigenvalue weighted by Gasteiger charge is -2.21. The summed E-state index contributed by atoms with van der Waals surface area (Å²) in [5, 5.41) is 0. The van der Waals surface area contributed by atoms with Crippen LogP contribution in [0.25, 0.3) is 11.1 Å². The van der Waals surface area contributed by atoms with Crippen molar-refractivity contribution in [3.05, 3.63) is 53.1 Å². The molecule has 0 unspecified atom stereocenters. The first-order valence-electron chi connectivity index (χ1n) is 12.7. The van der Waals surface area contributed by atoms with E-state index in [1.807, 2.05) is 6.92 Å². The van der Waals surface area contributed by atoms with E-state index in [0.29, 0.717) is 35.3 Å². The van der Waals surface area contributed by atoms with Crippen LogP contribution in [0.5, 0.6) is 5.75 Å². The Labute approximate surface area is 207 Å². The molecule has 0 N–H and O–H groups in total. The van der Waals surface area contributed by atoms with Crippen molar-refractivity contribution in [2.45, 2.75) is 91.1 Å². The Morgan fingerprint density at radius 2 is 1.80 bits per heavy atom. The molecule has 1 saturated heterocycles. The van der Waals surface area contributed by atoms with Crippen LogP contribution in [0.3, 0.4) is 0 Å². The van der Waals surface area contributed by atoms with Crippen molar-refractivity contribution in [3.8, 4) is 16.9 Å². The van der Waals surface area contributed by atoms with Gasteiger partial charge in [-0.05, 0) is 61.9 Å². The third-order valence-corrected chi connectivity index (χ3v) is 6.78. The predicted molar refractivity (Wildman–Crippen MR) is 132 cm³/mol. The number of rotatable bonds is 11. The molecule has 0 saturated carbocycles. The number of benzene rings is 2. The first kappa shape index (κ1) is 26.8. The van der Waals surface area contributed by atoms with E-state index in [9.17, 15) is 18.4 Å². The van der Waals surface area contributed by atoms with Crippen molar-refractivity contribution < 1.29 is 27.8 Å². The number of hydrogen-bond acceptors (Lipinski definition) is 4. The summed E-state index contributed by atoms with van der Waals surface area (Å²) in [5.41, 5.74) is 0.310. The molecule has 3 rings (SSSR count). The Morgan fingerprint density at radius 3 is 2.49 bits per heavy atom. The molecule has 1 fully saturated rings. The zero-order valence-electron chi connectivity index (χ0n) is 21.2. The van der Waals surface area contributed by atoms with Crippen molar-refractivity contribution in [2.75, 3.05) is 0 Å². The summed E-state index contributed by atoms with van der Waals surface area (Å²) in [4.78, 5) is 25.1. The molecule has 0 aromatic heterocycles. The summed E-state index contributed by atoms with van der Waals surface area (Å²) >= 11 is 0. The van der Waals surface area contributed by atoms with Crippen LogP contribution in [0, 0.1) is 24.5 Å². The molecule has 6 heteroatoms. The fourth-order valence-corrected chi connectivity index (χ4v) is 4.58. The summed E-state index contributed by atoms with van der Waals surface area (Å²) < 4.78 is 40.5. The number of esters is 2. The molecule has 1 heterocycles. The maximum absolute atomic E-state index is 14.9. The van der Waals surface area contributed by atoms with E-state index >= 15 is 0 Å². The molecule has 35 heavy (non-hydrogen) atoms. The van der Waals surface area contributed by atoms with Crippen molar-refractivity contribution >= 4 is 11.9 Å². The third-order valence-electron chi connectivity index (χ3n) is 6.78. The van der Waals surface area contributed by atoms with Crippen molar-refractivity contribution in [2.24, 2.45) is 5.92 Å². The molecule has 4 nitrogen and oxygen atoms in total. The molecule has 2 aromatic rings. The third kappa shape index (κ3) is 6.28. The van der Waals surface area contributed by atoms with E-state index in [-0.39, 0.29) is 23.9 Å². The standard InChI is InChI=1S/C29H36F2O4/c1-5-7-9-10-12-20-13-15-23(26(31)25(20)30)21-14-16-24(19(3)17-21)34-28(33)29(4)18-22(11-8-6-2)27(32)35-29/h13-17,22H,5-12,18H2,1-4H3/t22-,29-/m0/s1. The van der Waals surface area contributed by atoms with Crippen molar-refractivity contribution in [1.82, 2.24) is 0 Å². The highest BCUT2D eigenvalue weighted by Crippen LogP contribution is 2.36. The van der Waals surface area contributed by atoms with Gasteiger partial charge in [0.05, 0.1) is 5.92 Å². The zero-order valence-corrected chi connectivity index (χ0v) is 21.2. The number of halogens is 2. The van der Waals surface area contributed by atoms with E-state index in [1.165, 1.54) is 0 Å². The largest absolute Gasteiger partial charge is 0.447 e. The smallest absolute Gasteiger partial charge is 0.355 e. The van der Waals surface area contributed by atoms with Gasteiger partial charge in [0.2, 0.25) is 5.60 Å². The number of hydrogen-bond donors (Lipinski definition) is 0. The van der Waals surface area contributed by atoms with Gasteiger partial charge in [-0.3, -0.25) is 4.79 Å². The highest BCUT2D eigenvalue weighted by atomic mass is 19.2. The van der Waals surface area contributed by atoms with E-state index in [1.54, 1.807) is 44.2 Å². The summed E-state index contributed by atoms with van der Waals surface area (Å²) in [6, 6.07) is 8.07. The van der Waals surface area contributed by atoms with E-state index in [2.05, 4.69) is 6.92 Å². The highest BCUT2D eigenvalue weighted by Gasteiger charge is 2.49. The second kappa shape index (κ2) is 11.8. The lowest BCUT2D eigenvalue weighted by molar-refractivity contribution is -0.166. The van der Waals surface area contributed by atoms with Crippen LogP contribution in [-0.4, -0.2) is 17.5 Å². The molecule has 190 valence electrons. The van der Waals surface area contributed by atoms with Gasteiger partial charge < -0.3 is 9.47 Å². The molecule has 0 spiro atoms. The predicted octanol–water partition coefficient (Wildman–Crippen LogP) is 7.48. The first-order chi connectivity index (χ1) is 16.7. The lowest BCUT2D eigenvalue weighted by Crippen LogP contribution is -2.38.